The zero-order valence-electron chi connectivity index (χ0n) is 13.9. The highest BCUT2D eigenvalue weighted by Gasteiger charge is 2.19. The van der Waals surface area contributed by atoms with Gasteiger partial charge in [0.1, 0.15) is 5.82 Å². The average Bonchev–Trinajstić information content (AvgIpc) is 3.01. The summed E-state index contributed by atoms with van der Waals surface area (Å²) >= 11 is 1.38. The lowest BCUT2D eigenvalue weighted by atomic mass is 10.2. The van der Waals surface area contributed by atoms with Crippen molar-refractivity contribution in [2.24, 2.45) is 0 Å². The summed E-state index contributed by atoms with van der Waals surface area (Å²) in [6.07, 6.45) is -1.08. The Balaban J connectivity index is 1.78. The highest BCUT2D eigenvalue weighted by molar-refractivity contribution is 7.14. The van der Waals surface area contributed by atoms with Crippen molar-refractivity contribution in [3.63, 3.8) is 0 Å². The molecule has 7 heteroatoms. The van der Waals surface area contributed by atoms with E-state index in [0.29, 0.717) is 10.6 Å². The number of carbonyl (C=O) groups is 3. The van der Waals surface area contributed by atoms with Gasteiger partial charge in [0, 0.05) is 17.0 Å². The number of halogens is 1. The van der Waals surface area contributed by atoms with Crippen molar-refractivity contribution in [3.05, 3.63) is 52.0 Å². The zero-order valence-corrected chi connectivity index (χ0v) is 14.7. The van der Waals surface area contributed by atoms with Gasteiger partial charge in [0.2, 0.25) is 0 Å². The first-order valence-electron chi connectivity index (χ1n) is 7.70. The lowest BCUT2D eigenvalue weighted by Gasteiger charge is -2.13. The lowest BCUT2D eigenvalue weighted by molar-refractivity contribution is -0.153. The Morgan fingerprint density at radius 3 is 2.40 bits per heavy atom. The van der Waals surface area contributed by atoms with Crippen LogP contribution in [0.4, 0.5) is 10.1 Å². The molecule has 1 N–H and O–H groups in total. The maximum absolute atomic E-state index is 12.8. The van der Waals surface area contributed by atoms with Crippen LogP contribution in [0.25, 0.3) is 0 Å². The summed E-state index contributed by atoms with van der Waals surface area (Å²) in [5.74, 6) is -1.69. The second-order valence-electron chi connectivity index (χ2n) is 5.46. The van der Waals surface area contributed by atoms with E-state index in [2.05, 4.69) is 5.32 Å². The van der Waals surface area contributed by atoms with Crippen LogP contribution >= 0.6 is 11.3 Å². The summed E-state index contributed by atoms with van der Waals surface area (Å²) in [6.45, 7) is 3.33. The molecular weight excluding hydrogens is 345 g/mol. The van der Waals surface area contributed by atoms with Crippen LogP contribution in [0, 0.1) is 12.7 Å². The van der Waals surface area contributed by atoms with Crippen molar-refractivity contribution < 1.29 is 23.5 Å². The van der Waals surface area contributed by atoms with Crippen LogP contribution in [-0.4, -0.2) is 23.8 Å². The SMILES string of the molecule is Cc1ccc(C(=O)CCC(=O)O[C@H](C)C(=O)Nc2ccc(F)cc2)s1. The molecule has 0 spiro atoms. The maximum Gasteiger partial charge on any atom is 0.307 e. The van der Waals surface area contributed by atoms with Crippen LogP contribution in [0.5, 0.6) is 0 Å². The Labute approximate surface area is 148 Å². The third-order valence-corrected chi connectivity index (χ3v) is 4.40. The molecule has 25 heavy (non-hydrogen) atoms. The van der Waals surface area contributed by atoms with Crippen LogP contribution in [-0.2, 0) is 14.3 Å². The van der Waals surface area contributed by atoms with Gasteiger partial charge >= 0.3 is 5.97 Å². The second-order valence-corrected chi connectivity index (χ2v) is 6.75. The number of amides is 1. The summed E-state index contributed by atoms with van der Waals surface area (Å²) in [5, 5.41) is 2.52. The van der Waals surface area contributed by atoms with E-state index in [1.807, 2.05) is 13.0 Å². The highest BCUT2D eigenvalue weighted by atomic mass is 32.1. The van der Waals surface area contributed by atoms with Gasteiger partial charge in [-0.25, -0.2) is 4.39 Å². The number of thiophene rings is 1. The van der Waals surface area contributed by atoms with E-state index in [1.54, 1.807) is 6.07 Å². The summed E-state index contributed by atoms with van der Waals surface area (Å²) in [5.41, 5.74) is 0.401. The molecule has 2 aromatic rings. The van der Waals surface area contributed by atoms with Gasteiger partial charge in [0.15, 0.2) is 11.9 Å². The number of nitrogens with one attached hydrogen (secondary N) is 1. The third kappa shape index (κ3) is 5.79. The molecule has 1 aromatic heterocycles. The van der Waals surface area contributed by atoms with Gasteiger partial charge in [-0.2, -0.15) is 0 Å². The van der Waals surface area contributed by atoms with Crippen LogP contribution in [0.15, 0.2) is 36.4 Å². The Morgan fingerprint density at radius 1 is 1.12 bits per heavy atom. The molecule has 0 saturated heterocycles. The number of ketones is 1. The van der Waals surface area contributed by atoms with Gasteiger partial charge in [-0.05, 0) is 50.2 Å². The molecule has 0 saturated carbocycles. The number of hydrogen-bond acceptors (Lipinski definition) is 5. The molecule has 1 atom stereocenters. The van der Waals surface area contributed by atoms with Gasteiger partial charge in [-0.1, -0.05) is 0 Å². The van der Waals surface area contributed by atoms with Gasteiger partial charge < -0.3 is 10.1 Å². The molecule has 0 aliphatic heterocycles. The third-order valence-electron chi connectivity index (χ3n) is 3.36. The summed E-state index contributed by atoms with van der Waals surface area (Å²) < 4.78 is 17.8. The molecule has 0 radical (unpaired) electrons. The fourth-order valence-electron chi connectivity index (χ4n) is 2.01. The second kappa shape index (κ2) is 8.53. The predicted molar refractivity (Wildman–Crippen MR) is 93.2 cm³/mol. The van der Waals surface area contributed by atoms with Crippen LogP contribution in [0.3, 0.4) is 0 Å². The number of carbonyl (C=O) groups excluding carboxylic acids is 3. The number of anilines is 1. The molecule has 0 bridgehead atoms. The first kappa shape index (κ1) is 18.8. The number of rotatable bonds is 7. The number of hydrogen-bond donors (Lipinski definition) is 1. The molecule has 0 fully saturated rings. The van der Waals surface area contributed by atoms with Crippen molar-refractivity contribution in [3.8, 4) is 0 Å². The molecule has 1 amide bonds. The Hall–Kier alpha value is -2.54. The number of benzene rings is 1. The quantitative estimate of drug-likeness (QED) is 0.601. The largest absolute Gasteiger partial charge is 0.453 e. The number of aryl methyl sites for hydroxylation is 1. The molecular formula is C18H18FNO4S. The van der Waals surface area contributed by atoms with Gasteiger partial charge in [0.05, 0.1) is 11.3 Å². The van der Waals surface area contributed by atoms with E-state index in [-0.39, 0.29) is 18.6 Å². The molecule has 5 nitrogen and oxygen atoms in total. The first-order valence-corrected chi connectivity index (χ1v) is 8.52. The van der Waals surface area contributed by atoms with E-state index < -0.39 is 23.8 Å². The van der Waals surface area contributed by atoms with E-state index in [1.165, 1.54) is 42.5 Å². The topological polar surface area (TPSA) is 72.5 Å². The monoisotopic (exact) mass is 363 g/mol. The minimum atomic E-state index is -1.02. The van der Waals surface area contributed by atoms with Crippen LogP contribution < -0.4 is 5.32 Å². The standard InChI is InChI=1S/C18H18FNO4S/c1-11-3-9-16(25-11)15(21)8-10-17(22)24-12(2)18(23)20-14-6-4-13(19)5-7-14/h3-7,9,12H,8,10H2,1-2H3,(H,20,23)/t12-/m1/s1. The Kier molecular flexibility index (Phi) is 6.41. The normalized spacial score (nSPS) is 11.6. The molecule has 0 unspecified atom stereocenters. The number of ether oxygens (including phenoxy) is 1. The highest BCUT2D eigenvalue weighted by Crippen LogP contribution is 2.17. The fourth-order valence-corrected chi connectivity index (χ4v) is 2.84. The number of Topliss-reactive ketones (excluding diaryl/α,β-unsaturated/α-hetero) is 1. The lowest BCUT2D eigenvalue weighted by Crippen LogP contribution is -2.30. The molecule has 1 heterocycles. The van der Waals surface area contributed by atoms with E-state index in [0.717, 1.165) is 4.88 Å². The summed E-state index contributed by atoms with van der Waals surface area (Å²) in [7, 11) is 0. The van der Waals surface area contributed by atoms with Crippen LogP contribution in [0.2, 0.25) is 0 Å². The zero-order chi connectivity index (χ0) is 18.4. The smallest absolute Gasteiger partial charge is 0.307 e. The van der Waals surface area contributed by atoms with Gasteiger partial charge in [-0.3, -0.25) is 14.4 Å². The Bertz CT molecular complexity index is 770. The summed E-state index contributed by atoms with van der Waals surface area (Å²) in [4.78, 5) is 37.3. The average molecular weight is 363 g/mol. The first-order chi connectivity index (χ1) is 11.8. The van der Waals surface area contributed by atoms with E-state index in [4.69, 9.17) is 4.74 Å². The van der Waals surface area contributed by atoms with Crippen molar-refractivity contribution in [1.29, 1.82) is 0 Å². The Morgan fingerprint density at radius 2 is 1.80 bits per heavy atom. The minimum absolute atomic E-state index is 0.0328. The van der Waals surface area contributed by atoms with Crippen molar-refractivity contribution in [2.45, 2.75) is 32.8 Å². The fraction of sp³-hybridized carbons (Fsp3) is 0.278. The van der Waals surface area contributed by atoms with E-state index in [9.17, 15) is 18.8 Å². The summed E-state index contributed by atoms with van der Waals surface area (Å²) in [6, 6.07) is 8.81. The van der Waals surface area contributed by atoms with Crippen molar-refractivity contribution in [2.75, 3.05) is 5.32 Å². The molecule has 0 aliphatic rings. The van der Waals surface area contributed by atoms with Gasteiger partial charge in [-0.15, -0.1) is 11.3 Å². The minimum Gasteiger partial charge on any atom is -0.453 e. The molecule has 2 rings (SSSR count). The predicted octanol–water partition coefficient (Wildman–Crippen LogP) is 3.73. The maximum atomic E-state index is 12.8. The van der Waals surface area contributed by atoms with Crippen molar-refractivity contribution >= 4 is 34.7 Å². The van der Waals surface area contributed by atoms with Gasteiger partial charge in [0.25, 0.3) is 5.91 Å². The van der Waals surface area contributed by atoms with Crippen molar-refractivity contribution in [1.82, 2.24) is 0 Å². The molecule has 1 aromatic carbocycles. The van der Waals surface area contributed by atoms with Crippen LogP contribution in [0.1, 0.15) is 34.3 Å². The molecule has 0 aliphatic carbocycles. The molecule has 132 valence electrons. The number of esters is 1. The van der Waals surface area contributed by atoms with E-state index >= 15 is 0 Å².